The van der Waals surface area contributed by atoms with Crippen LogP contribution in [-0.2, 0) is 30.3 Å². The van der Waals surface area contributed by atoms with Gasteiger partial charge < -0.3 is 28.8 Å². The Morgan fingerprint density at radius 2 is 1.68 bits per heavy atom. The zero-order valence-corrected chi connectivity index (χ0v) is 13.2. The summed E-state index contributed by atoms with van der Waals surface area (Å²) in [6.45, 7) is 0.697. The summed E-state index contributed by atoms with van der Waals surface area (Å²) in [4.78, 5) is 0. The summed E-state index contributed by atoms with van der Waals surface area (Å²) in [7, 11) is 4.59. The van der Waals surface area contributed by atoms with Gasteiger partial charge in [-0.25, -0.2) is 0 Å². The van der Waals surface area contributed by atoms with Gasteiger partial charge in [0.2, 0.25) is 0 Å². The minimum absolute atomic E-state index is 0.242. The molecule has 1 N–H and O–H groups in total. The van der Waals surface area contributed by atoms with Gasteiger partial charge in [0.15, 0.2) is 6.29 Å². The number of hydrogen-bond acceptors (Lipinski definition) is 6. The fourth-order valence-electron chi connectivity index (χ4n) is 2.60. The third-order valence-electron chi connectivity index (χ3n) is 3.79. The summed E-state index contributed by atoms with van der Waals surface area (Å²) in [5, 5.41) is 10.4. The maximum atomic E-state index is 10.4. The zero-order chi connectivity index (χ0) is 15.9. The van der Waals surface area contributed by atoms with Crippen LogP contribution in [0.25, 0.3) is 0 Å². The van der Waals surface area contributed by atoms with Gasteiger partial charge in [-0.1, -0.05) is 30.3 Å². The highest BCUT2D eigenvalue weighted by Crippen LogP contribution is 2.26. The fraction of sp³-hybridized carbons (Fsp3) is 0.625. The van der Waals surface area contributed by atoms with E-state index < -0.39 is 30.7 Å². The molecule has 1 aromatic rings. The number of aliphatic hydroxyl groups excluding tert-OH is 1. The largest absolute Gasteiger partial charge is 0.387 e. The van der Waals surface area contributed by atoms with Crippen LogP contribution in [0, 0.1) is 0 Å². The molecule has 1 heterocycles. The Labute approximate surface area is 130 Å². The summed E-state index contributed by atoms with van der Waals surface area (Å²) in [5.74, 6) is 0. The van der Waals surface area contributed by atoms with E-state index >= 15 is 0 Å². The monoisotopic (exact) mass is 312 g/mol. The van der Waals surface area contributed by atoms with E-state index in [1.165, 1.54) is 21.3 Å². The molecule has 1 aliphatic rings. The number of hydrogen-bond donors (Lipinski definition) is 1. The van der Waals surface area contributed by atoms with E-state index in [0.717, 1.165) is 5.56 Å². The quantitative estimate of drug-likeness (QED) is 0.809. The Morgan fingerprint density at radius 1 is 1.00 bits per heavy atom. The highest BCUT2D eigenvalue weighted by molar-refractivity contribution is 5.13. The molecule has 5 unspecified atom stereocenters. The van der Waals surface area contributed by atoms with Crippen LogP contribution < -0.4 is 0 Å². The molecule has 5 atom stereocenters. The molecule has 1 fully saturated rings. The molecule has 0 aliphatic carbocycles. The molecule has 124 valence electrons. The third-order valence-corrected chi connectivity index (χ3v) is 3.79. The Balaban J connectivity index is 1.92. The van der Waals surface area contributed by atoms with Gasteiger partial charge in [0.1, 0.15) is 24.4 Å². The topological polar surface area (TPSA) is 66.4 Å². The highest BCUT2D eigenvalue weighted by Gasteiger charge is 2.46. The van der Waals surface area contributed by atoms with Gasteiger partial charge in [0.05, 0.1) is 13.2 Å². The van der Waals surface area contributed by atoms with Crippen LogP contribution in [0.1, 0.15) is 5.56 Å². The lowest BCUT2D eigenvalue weighted by molar-refractivity contribution is -0.305. The maximum Gasteiger partial charge on any atom is 0.186 e. The molecule has 1 aliphatic heterocycles. The minimum Gasteiger partial charge on any atom is -0.387 e. The van der Waals surface area contributed by atoms with E-state index in [2.05, 4.69) is 0 Å². The predicted molar refractivity (Wildman–Crippen MR) is 79.4 cm³/mol. The first-order valence-corrected chi connectivity index (χ1v) is 7.24. The van der Waals surface area contributed by atoms with E-state index in [1.807, 2.05) is 30.3 Å². The Kier molecular flexibility index (Phi) is 6.75. The Bertz CT molecular complexity index is 426. The summed E-state index contributed by atoms with van der Waals surface area (Å²) in [5.41, 5.74) is 1.06. The molecular weight excluding hydrogens is 288 g/mol. The van der Waals surface area contributed by atoms with Crippen LogP contribution >= 0.6 is 0 Å². The van der Waals surface area contributed by atoms with Gasteiger partial charge >= 0.3 is 0 Å². The number of aliphatic hydroxyl groups is 1. The first-order valence-electron chi connectivity index (χ1n) is 7.24. The van der Waals surface area contributed by atoms with Crippen LogP contribution in [0.15, 0.2) is 30.3 Å². The second-order valence-corrected chi connectivity index (χ2v) is 5.17. The lowest BCUT2D eigenvalue weighted by Gasteiger charge is -2.42. The summed E-state index contributed by atoms with van der Waals surface area (Å²) in [6, 6.07) is 9.82. The van der Waals surface area contributed by atoms with Crippen LogP contribution in [0.3, 0.4) is 0 Å². The Hall–Kier alpha value is -1.02. The molecule has 0 amide bonds. The average molecular weight is 312 g/mol. The van der Waals surface area contributed by atoms with Crippen LogP contribution in [-0.4, -0.2) is 63.7 Å². The van der Waals surface area contributed by atoms with Crippen molar-refractivity contribution in [2.75, 3.05) is 27.9 Å². The first-order chi connectivity index (χ1) is 10.7. The van der Waals surface area contributed by atoms with Crippen LogP contribution in [0.2, 0.25) is 0 Å². The lowest BCUT2D eigenvalue weighted by Crippen LogP contribution is -2.60. The molecule has 0 bridgehead atoms. The lowest BCUT2D eigenvalue weighted by atomic mass is 9.99. The Morgan fingerprint density at radius 3 is 2.27 bits per heavy atom. The molecule has 1 saturated heterocycles. The molecule has 2 rings (SSSR count). The van der Waals surface area contributed by atoms with Crippen LogP contribution in [0.5, 0.6) is 0 Å². The predicted octanol–water partition coefficient (Wildman–Crippen LogP) is 0.965. The highest BCUT2D eigenvalue weighted by atomic mass is 16.7. The second-order valence-electron chi connectivity index (χ2n) is 5.17. The number of methoxy groups -OCH3 is 3. The zero-order valence-electron chi connectivity index (χ0n) is 13.2. The van der Waals surface area contributed by atoms with Crippen molar-refractivity contribution in [2.24, 2.45) is 0 Å². The van der Waals surface area contributed by atoms with E-state index in [9.17, 15) is 5.11 Å². The molecule has 1 aromatic carbocycles. The first kappa shape index (κ1) is 17.3. The smallest absolute Gasteiger partial charge is 0.186 e. The molecule has 0 saturated carbocycles. The molecule has 0 spiro atoms. The third kappa shape index (κ3) is 4.04. The van der Waals surface area contributed by atoms with Crippen molar-refractivity contribution in [3.05, 3.63) is 35.9 Å². The number of ether oxygens (including phenoxy) is 5. The molecular formula is C16H24O6. The molecule has 0 aromatic heterocycles. The van der Waals surface area contributed by atoms with Gasteiger partial charge in [-0.15, -0.1) is 0 Å². The van der Waals surface area contributed by atoms with Crippen molar-refractivity contribution >= 4 is 0 Å². The van der Waals surface area contributed by atoms with E-state index in [1.54, 1.807) is 0 Å². The fourth-order valence-corrected chi connectivity index (χ4v) is 2.60. The molecule has 6 heteroatoms. The summed E-state index contributed by atoms with van der Waals surface area (Å²) in [6.07, 6.45) is -3.02. The van der Waals surface area contributed by atoms with E-state index in [0.29, 0.717) is 6.61 Å². The number of rotatable bonds is 7. The second kappa shape index (κ2) is 8.57. The van der Waals surface area contributed by atoms with Crippen molar-refractivity contribution in [2.45, 2.75) is 37.3 Å². The number of benzene rings is 1. The van der Waals surface area contributed by atoms with Crippen molar-refractivity contribution < 1.29 is 28.8 Å². The summed E-state index contributed by atoms with van der Waals surface area (Å²) < 4.78 is 27.3. The van der Waals surface area contributed by atoms with Crippen molar-refractivity contribution in [1.29, 1.82) is 0 Å². The van der Waals surface area contributed by atoms with E-state index in [-0.39, 0.29) is 6.61 Å². The van der Waals surface area contributed by atoms with Gasteiger partial charge in [-0.05, 0) is 5.56 Å². The van der Waals surface area contributed by atoms with Crippen molar-refractivity contribution in [1.82, 2.24) is 0 Å². The van der Waals surface area contributed by atoms with Crippen molar-refractivity contribution in [3.63, 3.8) is 0 Å². The van der Waals surface area contributed by atoms with Crippen LogP contribution in [0.4, 0.5) is 0 Å². The minimum atomic E-state index is -0.850. The van der Waals surface area contributed by atoms with Gasteiger partial charge in [0.25, 0.3) is 0 Å². The average Bonchev–Trinajstić information content (AvgIpc) is 2.56. The SMILES string of the molecule is COC1OC(COCc2ccccc2)C(O)C(OC)C1OC. The normalized spacial score (nSPS) is 32.1. The molecule has 6 nitrogen and oxygen atoms in total. The van der Waals surface area contributed by atoms with Gasteiger partial charge in [0, 0.05) is 21.3 Å². The van der Waals surface area contributed by atoms with Crippen molar-refractivity contribution in [3.8, 4) is 0 Å². The van der Waals surface area contributed by atoms with Gasteiger partial charge in [-0.3, -0.25) is 0 Å². The van der Waals surface area contributed by atoms with E-state index in [4.69, 9.17) is 23.7 Å². The van der Waals surface area contributed by atoms with Gasteiger partial charge in [-0.2, -0.15) is 0 Å². The molecule has 22 heavy (non-hydrogen) atoms. The summed E-state index contributed by atoms with van der Waals surface area (Å²) >= 11 is 0. The molecule has 0 radical (unpaired) electrons. The standard InChI is InChI=1S/C16H24O6/c1-18-14-13(17)12(22-16(20-3)15(14)19-2)10-21-9-11-7-5-4-6-8-11/h4-8,12-17H,9-10H2,1-3H3. The maximum absolute atomic E-state index is 10.4.